The van der Waals surface area contributed by atoms with Gasteiger partial charge >= 0.3 is 0 Å². The predicted molar refractivity (Wildman–Crippen MR) is 79.0 cm³/mol. The quantitative estimate of drug-likeness (QED) is 0.892. The van der Waals surface area contributed by atoms with E-state index < -0.39 is 0 Å². The molecule has 2 N–H and O–H groups in total. The van der Waals surface area contributed by atoms with Gasteiger partial charge in [0.2, 0.25) is 0 Å². The van der Waals surface area contributed by atoms with Crippen LogP contribution in [0, 0.1) is 0 Å². The first-order valence-corrected chi connectivity index (χ1v) is 7.14. The van der Waals surface area contributed by atoms with E-state index in [1.807, 2.05) is 25.5 Å². The third kappa shape index (κ3) is 3.49. The molecule has 0 saturated carbocycles. The SMILES string of the molecule is Cn1cc(COc2cncc(N3CCCC(N)C3)c2)nn1. The molecule has 0 spiro atoms. The van der Waals surface area contributed by atoms with Crippen LogP contribution in [-0.4, -0.2) is 39.1 Å². The third-order valence-corrected chi connectivity index (χ3v) is 3.56. The molecule has 2 aromatic rings. The number of piperidine rings is 1. The Morgan fingerprint density at radius 3 is 3.10 bits per heavy atom. The van der Waals surface area contributed by atoms with E-state index in [0.717, 1.165) is 43.1 Å². The standard InChI is InChI=1S/C14H20N6O/c1-19-9-12(17-18-19)10-21-14-5-13(6-16-7-14)20-4-2-3-11(15)8-20/h5-7,9,11H,2-4,8,10,15H2,1H3. The number of anilines is 1. The third-order valence-electron chi connectivity index (χ3n) is 3.56. The van der Waals surface area contributed by atoms with Crippen LogP contribution in [0.5, 0.6) is 5.75 Å². The minimum Gasteiger partial charge on any atom is -0.485 e. The lowest BCUT2D eigenvalue weighted by molar-refractivity contribution is 0.300. The number of hydrogen-bond acceptors (Lipinski definition) is 6. The number of aryl methyl sites for hydroxylation is 1. The van der Waals surface area contributed by atoms with Crippen LogP contribution in [0.15, 0.2) is 24.7 Å². The Kier molecular flexibility index (Phi) is 4.01. The average molecular weight is 288 g/mol. The first-order chi connectivity index (χ1) is 10.2. The molecule has 1 aliphatic heterocycles. The predicted octanol–water partition coefficient (Wildman–Crippen LogP) is 0.717. The van der Waals surface area contributed by atoms with Crippen LogP contribution < -0.4 is 15.4 Å². The van der Waals surface area contributed by atoms with Crippen LogP contribution in [0.25, 0.3) is 0 Å². The number of ether oxygens (including phenoxy) is 1. The maximum Gasteiger partial charge on any atom is 0.140 e. The molecule has 0 radical (unpaired) electrons. The lowest BCUT2D eigenvalue weighted by Crippen LogP contribution is -2.42. The van der Waals surface area contributed by atoms with Crippen molar-refractivity contribution >= 4 is 5.69 Å². The number of nitrogens with two attached hydrogens (primary N) is 1. The van der Waals surface area contributed by atoms with Gasteiger partial charge in [0.15, 0.2) is 0 Å². The molecule has 0 aliphatic carbocycles. The van der Waals surface area contributed by atoms with Gasteiger partial charge in [-0.1, -0.05) is 5.21 Å². The van der Waals surface area contributed by atoms with Gasteiger partial charge < -0.3 is 15.4 Å². The van der Waals surface area contributed by atoms with E-state index in [-0.39, 0.29) is 6.04 Å². The highest BCUT2D eigenvalue weighted by Gasteiger charge is 2.17. The normalized spacial score (nSPS) is 18.8. The van der Waals surface area contributed by atoms with Gasteiger partial charge in [-0.15, -0.1) is 5.10 Å². The van der Waals surface area contributed by atoms with E-state index in [1.165, 1.54) is 0 Å². The Labute approximate surface area is 123 Å². The molecule has 112 valence electrons. The number of rotatable bonds is 4. The zero-order chi connectivity index (χ0) is 14.7. The zero-order valence-corrected chi connectivity index (χ0v) is 12.1. The van der Waals surface area contributed by atoms with E-state index >= 15 is 0 Å². The van der Waals surface area contributed by atoms with Gasteiger partial charge in [0.25, 0.3) is 0 Å². The molecule has 0 aromatic carbocycles. The Hall–Kier alpha value is -2.15. The topological polar surface area (TPSA) is 82.1 Å². The monoisotopic (exact) mass is 288 g/mol. The Morgan fingerprint density at radius 2 is 2.33 bits per heavy atom. The first-order valence-electron chi connectivity index (χ1n) is 7.14. The second kappa shape index (κ2) is 6.09. The molecule has 3 heterocycles. The second-order valence-electron chi connectivity index (χ2n) is 5.40. The van der Waals surface area contributed by atoms with Gasteiger partial charge in [-0.25, -0.2) is 0 Å². The summed E-state index contributed by atoms with van der Waals surface area (Å²) in [6.07, 6.45) is 7.61. The van der Waals surface area contributed by atoms with Crippen molar-refractivity contribution in [2.75, 3.05) is 18.0 Å². The van der Waals surface area contributed by atoms with Crippen molar-refractivity contribution in [1.82, 2.24) is 20.0 Å². The number of aromatic nitrogens is 4. The van der Waals surface area contributed by atoms with Crippen molar-refractivity contribution in [2.24, 2.45) is 12.8 Å². The summed E-state index contributed by atoms with van der Waals surface area (Å²) in [7, 11) is 1.83. The largest absolute Gasteiger partial charge is 0.485 e. The van der Waals surface area contributed by atoms with Gasteiger partial charge in [-0.2, -0.15) is 0 Å². The summed E-state index contributed by atoms with van der Waals surface area (Å²) >= 11 is 0. The molecule has 7 heteroatoms. The van der Waals surface area contributed by atoms with Crippen molar-refractivity contribution < 1.29 is 4.74 Å². The van der Waals surface area contributed by atoms with Crippen LogP contribution in [-0.2, 0) is 13.7 Å². The van der Waals surface area contributed by atoms with Crippen LogP contribution in [0.3, 0.4) is 0 Å². The van der Waals surface area contributed by atoms with Crippen LogP contribution in [0.1, 0.15) is 18.5 Å². The fourth-order valence-corrected chi connectivity index (χ4v) is 2.52. The minimum absolute atomic E-state index is 0.239. The Balaban J connectivity index is 1.65. The van der Waals surface area contributed by atoms with E-state index in [1.54, 1.807) is 10.9 Å². The Bertz CT molecular complexity index is 599. The fraction of sp³-hybridized carbons (Fsp3) is 0.500. The molecule has 7 nitrogen and oxygen atoms in total. The van der Waals surface area contributed by atoms with E-state index in [2.05, 4.69) is 20.2 Å². The summed E-state index contributed by atoms with van der Waals surface area (Å²) in [5.41, 5.74) is 7.88. The average Bonchev–Trinajstić information content (AvgIpc) is 2.91. The van der Waals surface area contributed by atoms with Crippen molar-refractivity contribution in [2.45, 2.75) is 25.5 Å². The lowest BCUT2D eigenvalue weighted by Gasteiger charge is -2.32. The van der Waals surface area contributed by atoms with E-state index in [4.69, 9.17) is 10.5 Å². The van der Waals surface area contributed by atoms with Crippen molar-refractivity contribution in [1.29, 1.82) is 0 Å². The van der Waals surface area contributed by atoms with Gasteiger partial charge in [-0.05, 0) is 12.8 Å². The summed E-state index contributed by atoms with van der Waals surface area (Å²) in [5, 5.41) is 7.87. The number of hydrogen-bond donors (Lipinski definition) is 1. The zero-order valence-electron chi connectivity index (χ0n) is 12.1. The van der Waals surface area contributed by atoms with Gasteiger partial charge in [-0.3, -0.25) is 9.67 Å². The van der Waals surface area contributed by atoms with Crippen molar-refractivity contribution in [3.05, 3.63) is 30.4 Å². The van der Waals surface area contributed by atoms with Crippen LogP contribution in [0.2, 0.25) is 0 Å². The smallest absolute Gasteiger partial charge is 0.140 e. The molecule has 21 heavy (non-hydrogen) atoms. The minimum atomic E-state index is 0.239. The summed E-state index contributed by atoms with van der Waals surface area (Å²) < 4.78 is 7.38. The van der Waals surface area contributed by atoms with E-state index in [9.17, 15) is 0 Å². The molecule has 3 rings (SSSR count). The van der Waals surface area contributed by atoms with Crippen molar-refractivity contribution in [3.8, 4) is 5.75 Å². The highest BCUT2D eigenvalue weighted by atomic mass is 16.5. The van der Waals surface area contributed by atoms with Crippen LogP contribution in [0.4, 0.5) is 5.69 Å². The maximum absolute atomic E-state index is 6.03. The van der Waals surface area contributed by atoms with E-state index in [0.29, 0.717) is 6.61 Å². The first kappa shape index (κ1) is 13.8. The fourth-order valence-electron chi connectivity index (χ4n) is 2.52. The molecular formula is C14H20N6O. The summed E-state index contributed by atoms with van der Waals surface area (Å²) in [6.45, 7) is 2.27. The molecule has 1 fully saturated rings. The molecule has 1 unspecified atom stereocenters. The van der Waals surface area contributed by atoms with Gasteiger partial charge in [0, 0.05) is 32.2 Å². The van der Waals surface area contributed by atoms with Crippen molar-refractivity contribution in [3.63, 3.8) is 0 Å². The molecule has 1 aliphatic rings. The summed E-state index contributed by atoms with van der Waals surface area (Å²) in [6, 6.07) is 2.24. The lowest BCUT2D eigenvalue weighted by atomic mass is 10.1. The molecule has 0 bridgehead atoms. The molecule has 0 amide bonds. The summed E-state index contributed by atoms with van der Waals surface area (Å²) in [5.74, 6) is 0.734. The van der Waals surface area contributed by atoms with Crippen LogP contribution >= 0.6 is 0 Å². The number of pyridine rings is 1. The summed E-state index contributed by atoms with van der Waals surface area (Å²) in [4.78, 5) is 6.51. The highest BCUT2D eigenvalue weighted by molar-refractivity contribution is 5.48. The maximum atomic E-state index is 6.03. The highest BCUT2D eigenvalue weighted by Crippen LogP contribution is 2.23. The molecule has 1 saturated heterocycles. The second-order valence-corrected chi connectivity index (χ2v) is 5.40. The molecule has 1 atom stereocenters. The Morgan fingerprint density at radius 1 is 1.43 bits per heavy atom. The molecule has 2 aromatic heterocycles. The molecular weight excluding hydrogens is 268 g/mol. The number of nitrogens with zero attached hydrogens (tertiary/aromatic N) is 5. The van der Waals surface area contributed by atoms with Gasteiger partial charge in [0.1, 0.15) is 18.1 Å². The van der Waals surface area contributed by atoms with Gasteiger partial charge in [0.05, 0.1) is 24.3 Å².